The molecule has 0 saturated carbocycles. The molecule has 0 unspecified atom stereocenters. The molecular formula is C14H22Cl2FN3O. The first kappa shape index (κ1) is 20.0. The van der Waals surface area contributed by atoms with Crippen LogP contribution in [0.25, 0.3) is 0 Å². The lowest BCUT2D eigenvalue weighted by Crippen LogP contribution is -2.23. The van der Waals surface area contributed by atoms with Crippen LogP contribution in [0.1, 0.15) is 19.3 Å². The zero-order valence-corrected chi connectivity index (χ0v) is 13.7. The van der Waals surface area contributed by atoms with Crippen molar-refractivity contribution in [2.24, 2.45) is 0 Å². The molecule has 2 N–H and O–H groups in total. The van der Waals surface area contributed by atoms with Crippen molar-refractivity contribution >= 4 is 42.1 Å². The summed E-state index contributed by atoms with van der Waals surface area (Å²) < 4.78 is 13.9. The normalized spacial score (nSPS) is 13.3. The molecule has 1 aromatic rings. The van der Waals surface area contributed by atoms with Gasteiger partial charge in [-0.25, -0.2) is 4.39 Å². The van der Waals surface area contributed by atoms with Crippen LogP contribution >= 0.6 is 24.8 Å². The third-order valence-corrected chi connectivity index (χ3v) is 3.30. The fourth-order valence-corrected chi connectivity index (χ4v) is 2.30. The minimum absolute atomic E-state index is 0. The van der Waals surface area contributed by atoms with Gasteiger partial charge in [0.25, 0.3) is 0 Å². The number of amides is 1. The first-order valence-corrected chi connectivity index (χ1v) is 6.70. The van der Waals surface area contributed by atoms with Gasteiger partial charge in [-0.3, -0.25) is 4.79 Å². The van der Waals surface area contributed by atoms with Gasteiger partial charge in [0, 0.05) is 26.1 Å². The van der Waals surface area contributed by atoms with E-state index < -0.39 is 0 Å². The summed E-state index contributed by atoms with van der Waals surface area (Å²) in [6, 6.07) is 4.93. The Labute approximate surface area is 137 Å². The number of hydrogen-bond acceptors (Lipinski definition) is 3. The van der Waals surface area contributed by atoms with Gasteiger partial charge in [0.05, 0.1) is 5.69 Å². The van der Waals surface area contributed by atoms with Gasteiger partial charge in [-0.15, -0.1) is 24.8 Å². The Balaban J connectivity index is 0.00000200. The average Bonchev–Trinajstić information content (AvgIpc) is 2.92. The molecular weight excluding hydrogens is 316 g/mol. The highest BCUT2D eigenvalue weighted by Crippen LogP contribution is 2.31. The molecule has 1 amide bonds. The van der Waals surface area contributed by atoms with E-state index in [-0.39, 0.29) is 36.5 Å². The van der Waals surface area contributed by atoms with E-state index in [4.69, 9.17) is 0 Å². The number of rotatable bonds is 5. The number of nitrogens with zero attached hydrogens (tertiary/aromatic N) is 1. The monoisotopic (exact) mass is 337 g/mol. The Morgan fingerprint density at radius 3 is 2.57 bits per heavy atom. The molecule has 1 heterocycles. The van der Waals surface area contributed by atoms with Crippen molar-refractivity contribution < 1.29 is 9.18 Å². The number of benzene rings is 1. The quantitative estimate of drug-likeness (QED) is 0.868. The molecule has 0 bridgehead atoms. The van der Waals surface area contributed by atoms with Crippen LogP contribution in [0.4, 0.5) is 15.8 Å². The summed E-state index contributed by atoms with van der Waals surface area (Å²) in [6.45, 7) is 2.42. The standard InChI is InChI=1S/C14H20FN3O.2ClH/c1-16-8-7-13(19)17-14-11(15)5-4-6-12(14)18-9-2-3-10-18;;/h4-6,16H,2-3,7-10H2,1H3,(H,17,19);2*1H. The summed E-state index contributed by atoms with van der Waals surface area (Å²) in [5.74, 6) is -0.540. The van der Waals surface area contributed by atoms with Crippen molar-refractivity contribution in [3.05, 3.63) is 24.0 Å². The van der Waals surface area contributed by atoms with Gasteiger partial charge < -0.3 is 15.5 Å². The second-order valence-corrected chi connectivity index (χ2v) is 4.73. The molecule has 0 radical (unpaired) electrons. The molecule has 1 aliphatic heterocycles. The molecule has 0 aromatic heterocycles. The molecule has 1 fully saturated rings. The van der Waals surface area contributed by atoms with Crippen LogP contribution in [0.2, 0.25) is 0 Å². The van der Waals surface area contributed by atoms with Gasteiger partial charge in [0.15, 0.2) is 0 Å². The summed E-state index contributed by atoms with van der Waals surface area (Å²) in [6.07, 6.45) is 2.57. The molecule has 0 spiro atoms. The predicted molar refractivity (Wildman–Crippen MR) is 89.5 cm³/mol. The number of anilines is 2. The maximum Gasteiger partial charge on any atom is 0.225 e. The molecule has 4 nitrogen and oxygen atoms in total. The van der Waals surface area contributed by atoms with Crippen molar-refractivity contribution in [3.8, 4) is 0 Å². The summed E-state index contributed by atoms with van der Waals surface area (Å²) in [5, 5.41) is 5.60. The van der Waals surface area contributed by atoms with Gasteiger partial charge in [-0.1, -0.05) is 6.07 Å². The summed E-state index contributed by atoms with van der Waals surface area (Å²) in [7, 11) is 1.78. The SMILES string of the molecule is CNCCC(=O)Nc1c(F)cccc1N1CCCC1.Cl.Cl. The Kier molecular flexibility index (Phi) is 9.33. The van der Waals surface area contributed by atoms with E-state index >= 15 is 0 Å². The highest BCUT2D eigenvalue weighted by atomic mass is 35.5. The third kappa shape index (κ3) is 5.34. The molecule has 0 aliphatic carbocycles. The Morgan fingerprint density at radius 1 is 1.29 bits per heavy atom. The lowest BCUT2D eigenvalue weighted by molar-refractivity contribution is -0.116. The van der Waals surface area contributed by atoms with Crippen molar-refractivity contribution in [2.75, 3.05) is 36.9 Å². The minimum Gasteiger partial charge on any atom is -0.370 e. The highest BCUT2D eigenvalue weighted by Gasteiger charge is 2.19. The summed E-state index contributed by atoms with van der Waals surface area (Å²) in [5.41, 5.74) is 1.10. The first-order valence-electron chi connectivity index (χ1n) is 6.70. The predicted octanol–water partition coefficient (Wildman–Crippen LogP) is 2.82. The van der Waals surface area contributed by atoms with Crippen LogP contribution < -0.4 is 15.5 Å². The van der Waals surface area contributed by atoms with Crippen LogP contribution in [0.5, 0.6) is 0 Å². The molecule has 1 saturated heterocycles. The molecule has 1 aliphatic rings. The molecule has 120 valence electrons. The van der Waals surface area contributed by atoms with E-state index in [1.165, 1.54) is 6.07 Å². The summed E-state index contributed by atoms with van der Waals surface area (Å²) >= 11 is 0. The number of carbonyl (C=O) groups is 1. The van der Waals surface area contributed by atoms with Crippen molar-refractivity contribution in [3.63, 3.8) is 0 Å². The van der Waals surface area contributed by atoms with Crippen LogP contribution in [-0.4, -0.2) is 32.6 Å². The maximum atomic E-state index is 13.9. The number of halogens is 3. The van der Waals surface area contributed by atoms with Crippen molar-refractivity contribution in [2.45, 2.75) is 19.3 Å². The third-order valence-electron chi connectivity index (χ3n) is 3.30. The van der Waals surface area contributed by atoms with E-state index in [0.717, 1.165) is 31.6 Å². The Hall–Kier alpha value is -1.04. The zero-order chi connectivity index (χ0) is 13.7. The van der Waals surface area contributed by atoms with Crippen LogP contribution in [0, 0.1) is 5.82 Å². The fourth-order valence-electron chi connectivity index (χ4n) is 2.30. The van der Waals surface area contributed by atoms with E-state index in [9.17, 15) is 9.18 Å². The number of nitrogens with one attached hydrogen (secondary N) is 2. The molecule has 21 heavy (non-hydrogen) atoms. The Bertz CT molecular complexity index is 454. The highest BCUT2D eigenvalue weighted by molar-refractivity contribution is 5.94. The minimum atomic E-state index is -0.373. The maximum absolute atomic E-state index is 13.9. The number of para-hydroxylation sites is 1. The van der Waals surface area contributed by atoms with Crippen molar-refractivity contribution in [1.82, 2.24) is 5.32 Å². The second kappa shape index (κ2) is 9.82. The van der Waals surface area contributed by atoms with E-state index in [1.807, 2.05) is 6.07 Å². The fraction of sp³-hybridized carbons (Fsp3) is 0.500. The van der Waals surface area contributed by atoms with Crippen molar-refractivity contribution in [1.29, 1.82) is 0 Å². The number of hydrogen-bond donors (Lipinski definition) is 2. The zero-order valence-electron chi connectivity index (χ0n) is 12.0. The van der Waals surface area contributed by atoms with Crippen LogP contribution in [-0.2, 0) is 4.79 Å². The van der Waals surface area contributed by atoms with Gasteiger partial charge in [-0.05, 0) is 32.0 Å². The Morgan fingerprint density at radius 2 is 1.95 bits per heavy atom. The van der Waals surface area contributed by atoms with Gasteiger partial charge in [0.1, 0.15) is 11.5 Å². The van der Waals surface area contributed by atoms with E-state index in [1.54, 1.807) is 13.1 Å². The largest absolute Gasteiger partial charge is 0.370 e. The van der Waals surface area contributed by atoms with Crippen LogP contribution in [0.15, 0.2) is 18.2 Å². The average molecular weight is 338 g/mol. The molecule has 7 heteroatoms. The topological polar surface area (TPSA) is 44.4 Å². The summed E-state index contributed by atoms with van der Waals surface area (Å²) in [4.78, 5) is 13.9. The number of carbonyl (C=O) groups excluding carboxylic acids is 1. The molecule has 0 atom stereocenters. The van der Waals surface area contributed by atoms with Gasteiger partial charge in [-0.2, -0.15) is 0 Å². The smallest absolute Gasteiger partial charge is 0.225 e. The van der Waals surface area contributed by atoms with E-state index in [2.05, 4.69) is 15.5 Å². The first-order chi connectivity index (χ1) is 9.22. The van der Waals surface area contributed by atoms with E-state index in [0.29, 0.717) is 18.7 Å². The lowest BCUT2D eigenvalue weighted by atomic mass is 10.2. The van der Waals surface area contributed by atoms with Gasteiger partial charge >= 0.3 is 0 Å². The molecule has 1 aromatic carbocycles. The second-order valence-electron chi connectivity index (χ2n) is 4.73. The lowest BCUT2D eigenvalue weighted by Gasteiger charge is -2.22. The van der Waals surface area contributed by atoms with Crippen LogP contribution in [0.3, 0.4) is 0 Å². The van der Waals surface area contributed by atoms with Gasteiger partial charge in [0.2, 0.25) is 5.91 Å². The molecule has 2 rings (SSSR count).